The number of aryl methyl sites for hydroxylation is 1. The van der Waals surface area contributed by atoms with E-state index in [2.05, 4.69) is 20.6 Å². The first kappa shape index (κ1) is 22.4. The van der Waals surface area contributed by atoms with Gasteiger partial charge in [-0.1, -0.05) is 12.1 Å². The van der Waals surface area contributed by atoms with Crippen molar-refractivity contribution in [3.63, 3.8) is 0 Å². The fourth-order valence-electron chi connectivity index (χ4n) is 3.59. The zero-order valence-electron chi connectivity index (χ0n) is 18.2. The summed E-state index contributed by atoms with van der Waals surface area (Å²) in [6, 6.07) is 7.10. The zero-order chi connectivity index (χ0) is 22.4. The summed E-state index contributed by atoms with van der Waals surface area (Å²) in [5, 5.41) is 22.5. The van der Waals surface area contributed by atoms with Crippen LogP contribution in [0.25, 0.3) is 0 Å². The summed E-state index contributed by atoms with van der Waals surface area (Å²) in [6.07, 6.45) is 3.25. The molecule has 0 aliphatic carbocycles. The van der Waals surface area contributed by atoms with Crippen LogP contribution in [-0.4, -0.2) is 53.8 Å². The molecule has 1 saturated heterocycles. The number of ether oxygens (including phenoxy) is 1. The number of aromatic nitrogens is 2. The van der Waals surface area contributed by atoms with Crippen molar-refractivity contribution in [2.45, 2.75) is 39.3 Å². The Kier molecular flexibility index (Phi) is 7.30. The fourth-order valence-corrected chi connectivity index (χ4v) is 3.59. The van der Waals surface area contributed by atoms with Crippen LogP contribution in [0.1, 0.15) is 45.1 Å². The number of amides is 1. The van der Waals surface area contributed by atoms with Crippen molar-refractivity contribution in [3.05, 3.63) is 53.0 Å². The highest BCUT2D eigenvalue weighted by molar-refractivity contribution is 6.04. The Labute approximate surface area is 185 Å². The standard InChI is InChI=1S/C22H29N7O2.2H2/c1-4-26-22(30)17-6-5-11-29(17)18-13-27-14(2)19(28-18)21(24)31-20(23)16-9-7-15(8-10-16)12-25-3;;/h7-10,13,17,23-25H,4-6,11-12H2,1-3H3,(H,26,30);2*1H/t17-;;/m0../s1. The Hall–Kier alpha value is -3.33. The predicted octanol–water partition coefficient (Wildman–Crippen LogP) is 2.47. The van der Waals surface area contributed by atoms with Crippen molar-refractivity contribution in [1.82, 2.24) is 20.6 Å². The minimum absolute atomic E-state index is 0. The molecular weight excluding hydrogens is 394 g/mol. The lowest BCUT2D eigenvalue weighted by molar-refractivity contribution is -0.122. The van der Waals surface area contributed by atoms with Gasteiger partial charge in [-0.05, 0) is 51.4 Å². The van der Waals surface area contributed by atoms with Crippen LogP contribution in [-0.2, 0) is 16.1 Å². The molecule has 1 aromatic heterocycles. The van der Waals surface area contributed by atoms with E-state index >= 15 is 0 Å². The van der Waals surface area contributed by atoms with E-state index < -0.39 is 0 Å². The highest BCUT2D eigenvalue weighted by Gasteiger charge is 2.32. The number of nitrogens with zero attached hydrogens (tertiary/aromatic N) is 3. The zero-order valence-corrected chi connectivity index (χ0v) is 18.2. The number of anilines is 1. The molecule has 168 valence electrons. The van der Waals surface area contributed by atoms with Gasteiger partial charge in [0, 0.05) is 28.1 Å². The second-order valence-corrected chi connectivity index (χ2v) is 7.40. The van der Waals surface area contributed by atoms with Gasteiger partial charge in [0.1, 0.15) is 17.6 Å². The highest BCUT2D eigenvalue weighted by atomic mass is 16.5. The fraction of sp³-hybridized carbons (Fsp3) is 0.409. The van der Waals surface area contributed by atoms with Gasteiger partial charge >= 0.3 is 0 Å². The van der Waals surface area contributed by atoms with Gasteiger partial charge in [-0.25, -0.2) is 4.98 Å². The second kappa shape index (κ2) is 10.1. The third-order valence-corrected chi connectivity index (χ3v) is 5.16. The van der Waals surface area contributed by atoms with Crippen molar-refractivity contribution in [3.8, 4) is 0 Å². The highest BCUT2D eigenvalue weighted by Crippen LogP contribution is 2.24. The molecule has 1 amide bonds. The molecule has 2 heterocycles. The molecule has 1 atom stereocenters. The van der Waals surface area contributed by atoms with Crippen molar-refractivity contribution in [2.24, 2.45) is 0 Å². The maximum Gasteiger partial charge on any atom is 0.242 e. The summed E-state index contributed by atoms with van der Waals surface area (Å²) in [5.74, 6) is 0.128. The molecule has 9 heteroatoms. The molecule has 1 aromatic carbocycles. The molecule has 31 heavy (non-hydrogen) atoms. The van der Waals surface area contributed by atoms with Crippen LogP contribution in [0.2, 0.25) is 0 Å². The van der Waals surface area contributed by atoms with Crippen LogP contribution in [0.3, 0.4) is 0 Å². The molecule has 9 nitrogen and oxygen atoms in total. The Morgan fingerprint density at radius 3 is 2.71 bits per heavy atom. The van der Waals surface area contributed by atoms with Crippen LogP contribution in [0.15, 0.2) is 30.5 Å². The number of hydrogen-bond acceptors (Lipinski definition) is 8. The van der Waals surface area contributed by atoms with E-state index in [4.69, 9.17) is 15.6 Å². The average Bonchev–Trinajstić information content (AvgIpc) is 3.25. The maximum atomic E-state index is 12.4. The van der Waals surface area contributed by atoms with Crippen LogP contribution in [0.5, 0.6) is 0 Å². The number of benzene rings is 1. The first-order valence-corrected chi connectivity index (χ1v) is 10.4. The van der Waals surface area contributed by atoms with E-state index in [1.54, 1.807) is 25.3 Å². The van der Waals surface area contributed by atoms with Crippen molar-refractivity contribution >= 4 is 23.5 Å². The quantitative estimate of drug-likeness (QED) is 0.397. The summed E-state index contributed by atoms with van der Waals surface area (Å²) in [6.45, 7) is 5.64. The molecule has 4 N–H and O–H groups in total. The summed E-state index contributed by atoms with van der Waals surface area (Å²) >= 11 is 0. The molecule has 1 aliphatic rings. The molecule has 0 spiro atoms. The molecule has 0 radical (unpaired) electrons. The maximum absolute atomic E-state index is 12.4. The smallest absolute Gasteiger partial charge is 0.242 e. The Bertz CT molecular complexity index is 970. The van der Waals surface area contributed by atoms with E-state index in [0.717, 1.165) is 24.9 Å². The van der Waals surface area contributed by atoms with E-state index in [1.165, 1.54) is 0 Å². The van der Waals surface area contributed by atoms with E-state index in [9.17, 15) is 4.79 Å². The second-order valence-electron chi connectivity index (χ2n) is 7.40. The lowest BCUT2D eigenvalue weighted by Gasteiger charge is -2.25. The number of likely N-dealkylation sites (N-methyl/N-ethyl adjacent to an activating group) is 1. The van der Waals surface area contributed by atoms with Crippen molar-refractivity contribution in [2.75, 3.05) is 25.0 Å². The van der Waals surface area contributed by atoms with E-state index in [-0.39, 0.29) is 32.3 Å². The normalized spacial score (nSPS) is 15.6. The van der Waals surface area contributed by atoms with Gasteiger partial charge in [0.25, 0.3) is 0 Å². The molecule has 3 rings (SSSR count). The van der Waals surface area contributed by atoms with Crippen molar-refractivity contribution < 1.29 is 12.4 Å². The topological polar surface area (TPSA) is 127 Å². The number of carbonyl (C=O) groups is 1. The van der Waals surface area contributed by atoms with Crippen molar-refractivity contribution in [1.29, 1.82) is 10.8 Å². The SMILES string of the molecule is CCNC(=O)[C@@H]1CCCN1c1cnc(C)c(C(=N)OC(=N)c2ccc(CNC)cc2)n1.[HH].[HH]. The van der Waals surface area contributed by atoms with E-state index in [1.807, 2.05) is 31.0 Å². The number of rotatable bonds is 7. The molecule has 0 saturated carbocycles. The predicted molar refractivity (Wildman–Crippen MR) is 124 cm³/mol. The lowest BCUT2D eigenvalue weighted by atomic mass is 10.1. The van der Waals surface area contributed by atoms with Crippen LogP contribution < -0.4 is 15.5 Å². The third kappa shape index (κ3) is 5.24. The van der Waals surface area contributed by atoms with Gasteiger partial charge in [-0.2, -0.15) is 0 Å². The summed E-state index contributed by atoms with van der Waals surface area (Å²) in [5.41, 5.74) is 2.45. The first-order chi connectivity index (χ1) is 14.9. The third-order valence-electron chi connectivity index (χ3n) is 5.16. The van der Waals surface area contributed by atoms with Crippen LogP contribution in [0.4, 0.5) is 5.82 Å². The van der Waals surface area contributed by atoms with Crippen LogP contribution in [0, 0.1) is 17.7 Å². The van der Waals surface area contributed by atoms with Gasteiger partial charge in [-0.3, -0.25) is 20.6 Å². The number of nitrogens with one attached hydrogen (secondary N) is 4. The van der Waals surface area contributed by atoms with Gasteiger partial charge in [0.2, 0.25) is 17.7 Å². The Morgan fingerprint density at radius 1 is 1.29 bits per heavy atom. The monoisotopic (exact) mass is 427 g/mol. The van der Waals surface area contributed by atoms with Gasteiger partial charge in [0.15, 0.2) is 0 Å². The minimum Gasteiger partial charge on any atom is -0.419 e. The molecular formula is C22H33N7O2. The van der Waals surface area contributed by atoms with Gasteiger partial charge < -0.3 is 20.3 Å². The van der Waals surface area contributed by atoms with Gasteiger partial charge in [-0.15, -0.1) is 0 Å². The first-order valence-electron chi connectivity index (χ1n) is 10.4. The summed E-state index contributed by atoms with van der Waals surface area (Å²) < 4.78 is 5.48. The molecule has 0 bridgehead atoms. The molecule has 2 aromatic rings. The number of hydrogen-bond donors (Lipinski definition) is 4. The largest absolute Gasteiger partial charge is 0.419 e. The lowest BCUT2D eigenvalue weighted by Crippen LogP contribution is -2.43. The Balaban J connectivity index is 0.00000272. The molecule has 1 fully saturated rings. The molecule has 1 aliphatic heterocycles. The Morgan fingerprint density at radius 2 is 2.03 bits per heavy atom. The summed E-state index contributed by atoms with van der Waals surface area (Å²) in [7, 11) is 1.87. The molecule has 0 unspecified atom stereocenters. The average molecular weight is 428 g/mol. The summed E-state index contributed by atoms with van der Waals surface area (Å²) in [4.78, 5) is 23.2. The van der Waals surface area contributed by atoms with Crippen LogP contribution >= 0.6 is 0 Å². The van der Waals surface area contributed by atoms with Gasteiger partial charge in [0.05, 0.1) is 11.9 Å². The van der Waals surface area contributed by atoms with E-state index in [0.29, 0.717) is 30.2 Å². The number of carbonyl (C=O) groups excluding carboxylic acids is 1. The minimum atomic E-state index is -0.297.